The fourth-order valence-electron chi connectivity index (χ4n) is 2.88. The van der Waals surface area contributed by atoms with Crippen LogP contribution in [0.15, 0.2) is 24.3 Å². The molecule has 1 atom stereocenters. The molecule has 1 saturated heterocycles. The van der Waals surface area contributed by atoms with Gasteiger partial charge in [-0.1, -0.05) is 32.0 Å². The van der Waals surface area contributed by atoms with Crippen molar-refractivity contribution in [3.63, 3.8) is 0 Å². The molecule has 1 N–H and O–H groups in total. The van der Waals surface area contributed by atoms with Crippen molar-refractivity contribution in [3.05, 3.63) is 29.8 Å². The average Bonchev–Trinajstić information content (AvgIpc) is 2.48. The van der Waals surface area contributed by atoms with Crippen molar-refractivity contribution in [2.75, 3.05) is 26.7 Å². The minimum absolute atomic E-state index is 0.367. The Labute approximate surface area is 123 Å². The highest BCUT2D eigenvalue weighted by Gasteiger charge is 2.20. The summed E-state index contributed by atoms with van der Waals surface area (Å²) >= 11 is 0. The average molecular weight is 276 g/mol. The standard InChI is InChI=1S/C17H28N2O/c1-4-16(18-5-2)15-8-6-7-9-17(15)20-14-10-12-19(3)13-11-14/h6-9,14,16,18H,4-5,10-13H2,1-3H3. The van der Waals surface area contributed by atoms with Crippen LogP contribution in [0.1, 0.15) is 44.7 Å². The Morgan fingerprint density at radius 2 is 1.95 bits per heavy atom. The predicted octanol–water partition coefficient (Wildman–Crippen LogP) is 3.22. The molecule has 1 aliphatic rings. The van der Waals surface area contributed by atoms with Gasteiger partial charge in [-0.2, -0.15) is 0 Å². The third kappa shape index (κ3) is 3.97. The first-order chi connectivity index (χ1) is 9.74. The molecule has 0 saturated carbocycles. The Hall–Kier alpha value is -1.06. The lowest BCUT2D eigenvalue weighted by atomic mass is 10.0. The summed E-state index contributed by atoms with van der Waals surface area (Å²) in [7, 11) is 2.18. The molecule has 3 nitrogen and oxygen atoms in total. The Kier molecular flexibility index (Phi) is 5.86. The quantitative estimate of drug-likeness (QED) is 0.863. The van der Waals surface area contributed by atoms with Crippen molar-refractivity contribution in [2.24, 2.45) is 0 Å². The minimum atomic E-state index is 0.367. The van der Waals surface area contributed by atoms with Gasteiger partial charge >= 0.3 is 0 Å². The predicted molar refractivity (Wildman–Crippen MR) is 84.3 cm³/mol. The van der Waals surface area contributed by atoms with E-state index in [0.29, 0.717) is 12.1 Å². The summed E-state index contributed by atoms with van der Waals surface area (Å²) in [5, 5.41) is 3.55. The van der Waals surface area contributed by atoms with Crippen LogP contribution in [0.4, 0.5) is 0 Å². The Morgan fingerprint density at radius 3 is 2.60 bits per heavy atom. The van der Waals surface area contributed by atoms with E-state index in [1.54, 1.807) is 0 Å². The second kappa shape index (κ2) is 7.65. The van der Waals surface area contributed by atoms with Crippen molar-refractivity contribution >= 4 is 0 Å². The number of nitrogens with one attached hydrogen (secondary N) is 1. The van der Waals surface area contributed by atoms with Crippen LogP contribution >= 0.6 is 0 Å². The molecule has 1 aromatic rings. The van der Waals surface area contributed by atoms with Gasteiger partial charge in [0.25, 0.3) is 0 Å². The normalized spacial score (nSPS) is 18.9. The SMILES string of the molecule is CCNC(CC)c1ccccc1OC1CCN(C)CC1. The van der Waals surface area contributed by atoms with Crippen LogP contribution in [0.3, 0.4) is 0 Å². The summed E-state index contributed by atoms with van der Waals surface area (Å²) in [4.78, 5) is 2.37. The minimum Gasteiger partial charge on any atom is -0.490 e. The van der Waals surface area contributed by atoms with Gasteiger partial charge in [0.15, 0.2) is 0 Å². The summed E-state index contributed by atoms with van der Waals surface area (Å²) < 4.78 is 6.30. The molecule has 0 aliphatic carbocycles. The third-order valence-corrected chi connectivity index (χ3v) is 4.11. The molecule has 0 amide bonds. The van der Waals surface area contributed by atoms with E-state index in [1.807, 2.05) is 0 Å². The van der Waals surface area contributed by atoms with Crippen LogP contribution in [-0.4, -0.2) is 37.7 Å². The summed E-state index contributed by atoms with van der Waals surface area (Å²) in [5.74, 6) is 1.06. The molecular formula is C17H28N2O. The molecule has 20 heavy (non-hydrogen) atoms. The first-order valence-corrected chi connectivity index (χ1v) is 7.92. The van der Waals surface area contributed by atoms with Gasteiger partial charge in [-0.15, -0.1) is 0 Å². The second-order valence-corrected chi connectivity index (χ2v) is 5.68. The number of ether oxygens (including phenoxy) is 1. The zero-order valence-electron chi connectivity index (χ0n) is 13.1. The van der Waals surface area contributed by atoms with E-state index in [2.05, 4.69) is 55.4 Å². The largest absolute Gasteiger partial charge is 0.490 e. The number of benzene rings is 1. The maximum absolute atomic E-state index is 6.30. The number of piperidine rings is 1. The van der Waals surface area contributed by atoms with Gasteiger partial charge in [0.1, 0.15) is 11.9 Å². The number of nitrogens with zero attached hydrogens (tertiary/aromatic N) is 1. The molecule has 1 aromatic carbocycles. The second-order valence-electron chi connectivity index (χ2n) is 5.68. The zero-order valence-corrected chi connectivity index (χ0v) is 13.1. The molecule has 3 heteroatoms. The van der Waals surface area contributed by atoms with Crippen LogP contribution in [0, 0.1) is 0 Å². The lowest BCUT2D eigenvalue weighted by Gasteiger charge is -2.30. The molecule has 112 valence electrons. The van der Waals surface area contributed by atoms with Gasteiger partial charge in [0.2, 0.25) is 0 Å². The molecule has 1 aliphatic heterocycles. The lowest BCUT2D eigenvalue weighted by Crippen LogP contribution is -2.36. The highest BCUT2D eigenvalue weighted by molar-refractivity contribution is 5.36. The molecule has 1 heterocycles. The van der Waals surface area contributed by atoms with Gasteiger partial charge in [-0.05, 0) is 38.9 Å². The van der Waals surface area contributed by atoms with Crippen molar-refractivity contribution in [3.8, 4) is 5.75 Å². The molecule has 2 rings (SSSR count). The highest BCUT2D eigenvalue weighted by Crippen LogP contribution is 2.29. The van der Waals surface area contributed by atoms with E-state index in [1.165, 1.54) is 5.56 Å². The van der Waals surface area contributed by atoms with E-state index in [4.69, 9.17) is 4.74 Å². The topological polar surface area (TPSA) is 24.5 Å². The summed E-state index contributed by atoms with van der Waals surface area (Å²) in [6, 6.07) is 8.89. The molecule has 0 aromatic heterocycles. The van der Waals surface area contributed by atoms with Gasteiger partial charge in [0, 0.05) is 24.7 Å². The summed E-state index contributed by atoms with van der Waals surface area (Å²) in [6.07, 6.45) is 3.71. The molecule has 0 spiro atoms. The summed E-state index contributed by atoms with van der Waals surface area (Å²) in [5.41, 5.74) is 1.30. The number of likely N-dealkylation sites (tertiary alicyclic amines) is 1. The molecule has 1 unspecified atom stereocenters. The highest BCUT2D eigenvalue weighted by atomic mass is 16.5. The van der Waals surface area contributed by atoms with Gasteiger partial charge in [-0.3, -0.25) is 0 Å². The first-order valence-electron chi connectivity index (χ1n) is 7.92. The Balaban J connectivity index is 2.07. The van der Waals surface area contributed by atoms with Crippen LogP contribution in [0.25, 0.3) is 0 Å². The molecule has 1 fully saturated rings. The van der Waals surface area contributed by atoms with Crippen molar-refractivity contribution < 1.29 is 4.74 Å². The van der Waals surface area contributed by atoms with Crippen LogP contribution in [-0.2, 0) is 0 Å². The lowest BCUT2D eigenvalue weighted by molar-refractivity contribution is 0.112. The smallest absolute Gasteiger partial charge is 0.124 e. The van der Waals surface area contributed by atoms with E-state index >= 15 is 0 Å². The molecule has 0 bridgehead atoms. The van der Waals surface area contributed by atoms with Crippen LogP contribution < -0.4 is 10.1 Å². The maximum Gasteiger partial charge on any atom is 0.124 e. The zero-order chi connectivity index (χ0) is 14.4. The molecule has 0 radical (unpaired) electrons. The number of para-hydroxylation sites is 1. The van der Waals surface area contributed by atoms with Crippen LogP contribution in [0.2, 0.25) is 0 Å². The Bertz CT molecular complexity index is 400. The van der Waals surface area contributed by atoms with Crippen molar-refractivity contribution in [1.29, 1.82) is 0 Å². The van der Waals surface area contributed by atoms with Crippen LogP contribution in [0.5, 0.6) is 5.75 Å². The van der Waals surface area contributed by atoms with Gasteiger partial charge < -0.3 is 15.0 Å². The fraction of sp³-hybridized carbons (Fsp3) is 0.647. The van der Waals surface area contributed by atoms with Gasteiger partial charge in [0.05, 0.1) is 0 Å². The van der Waals surface area contributed by atoms with E-state index in [0.717, 1.165) is 44.6 Å². The van der Waals surface area contributed by atoms with E-state index in [9.17, 15) is 0 Å². The fourth-order valence-corrected chi connectivity index (χ4v) is 2.88. The maximum atomic E-state index is 6.30. The van der Waals surface area contributed by atoms with E-state index in [-0.39, 0.29) is 0 Å². The third-order valence-electron chi connectivity index (χ3n) is 4.11. The molecular weight excluding hydrogens is 248 g/mol. The number of rotatable bonds is 6. The van der Waals surface area contributed by atoms with Crippen molar-refractivity contribution in [1.82, 2.24) is 10.2 Å². The monoisotopic (exact) mass is 276 g/mol. The summed E-state index contributed by atoms with van der Waals surface area (Å²) in [6.45, 7) is 7.64. The van der Waals surface area contributed by atoms with Gasteiger partial charge in [-0.25, -0.2) is 0 Å². The first kappa shape index (κ1) is 15.3. The number of hydrogen-bond acceptors (Lipinski definition) is 3. The Morgan fingerprint density at radius 1 is 1.25 bits per heavy atom. The number of hydrogen-bond donors (Lipinski definition) is 1. The van der Waals surface area contributed by atoms with Crippen molar-refractivity contribution in [2.45, 2.75) is 45.3 Å². The van der Waals surface area contributed by atoms with E-state index < -0.39 is 0 Å².